The normalized spacial score (nSPS) is 10.9. The minimum Gasteiger partial charge on any atom is -0.493 e. The van der Waals surface area contributed by atoms with Gasteiger partial charge >= 0.3 is 0 Å². The lowest BCUT2D eigenvalue weighted by molar-refractivity contribution is 0.103. The maximum Gasteiger partial charge on any atom is 0.185 e. The van der Waals surface area contributed by atoms with E-state index in [-0.39, 0.29) is 11.6 Å². The van der Waals surface area contributed by atoms with Gasteiger partial charge in [0, 0.05) is 17.5 Å². The number of benzene rings is 4. The first-order chi connectivity index (χ1) is 21.9. The zero-order chi connectivity index (χ0) is 32.0. The number of hydrogen-bond acceptors (Lipinski definition) is 8. The maximum atomic E-state index is 12.6. The standard InChI is InChI=1S/C37H36O8/c1-40-34-20-8-26(24-36(34)42-3)6-18-32(38)28-10-14-30(15-11-28)44-22-5-23-45-31-16-12-29(13-17-31)33(39)19-7-27-9-21-35(41-2)37(25-27)43-4/h6-21,24-25H,5,22-23H2,1-4H3/b18-6+,19-7+. The van der Waals surface area contributed by atoms with Gasteiger partial charge in [-0.2, -0.15) is 0 Å². The van der Waals surface area contributed by atoms with Gasteiger partial charge in [-0.05, 0) is 96.1 Å². The predicted octanol–water partition coefficient (Wildman–Crippen LogP) is 7.36. The van der Waals surface area contributed by atoms with Crippen LogP contribution in [0.2, 0.25) is 0 Å². The van der Waals surface area contributed by atoms with E-state index in [4.69, 9.17) is 28.4 Å². The fourth-order valence-electron chi connectivity index (χ4n) is 4.32. The summed E-state index contributed by atoms with van der Waals surface area (Å²) >= 11 is 0. The van der Waals surface area contributed by atoms with E-state index in [1.165, 1.54) is 12.2 Å². The van der Waals surface area contributed by atoms with Crippen molar-refractivity contribution < 1.29 is 38.0 Å². The van der Waals surface area contributed by atoms with Gasteiger partial charge in [-0.25, -0.2) is 0 Å². The third-order valence-corrected chi connectivity index (χ3v) is 6.77. The Balaban J connectivity index is 1.18. The summed E-state index contributed by atoms with van der Waals surface area (Å²) in [5, 5.41) is 0. The van der Waals surface area contributed by atoms with Crippen molar-refractivity contribution in [2.75, 3.05) is 41.7 Å². The number of hydrogen-bond donors (Lipinski definition) is 0. The van der Waals surface area contributed by atoms with E-state index in [0.29, 0.717) is 65.3 Å². The second-order valence-corrected chi connectivity index (χ2v) is 9.72. The molecule has 4 aromatic carbocycles. The van der Waals surface area contributed by atoms with E-state index in [2.05, 4.69) is 0 Å². The first kappa shape index (κ1) is 32.4. The molecule has 232 valence electrons. The molecule has 0 saturated carbocycles. The molecule has 0 aromatic heterocycles. The molecule has 0 radical (unpaired) electrons. The van der Waals surface area contributed by atoms with Crippen LogP contribution in [-0.2, 0) is 0 Å². The number of allylic oxidation sites excluding steroid dienone is 2. The van der Waals surface area contributed by atoms with E-state index < -0.39 is 0 Å². The van der Waals surface area contributed by atoms with Gasteiger partial charge in [-0.3, -0.25) is 9.59 Å². The summed E-state index contributed by atoms with van der Waals surface area (Å²) in [6, 6.07) is 24.9. The number of ether oxygens (including phenoxy) is 6. The van der Waals surface area contributed by atoms with Crippen LogP contribution in [0.5, 0.6) is 34.5 Å². The molecule has 4 aromatic rings. The molecule has 0 fully saturated rings. The highest BCUT2D eigenvalue weighted by atomic mass is 16.5. The van der Waals surface area contributed by atoms with E-state index in [0.717, 1.165) is 11.1 Å². The summed E-state index contributed by atoms with van der Waals surface area (Å²) in [6.07, 6.45) is 7.17. The third-order valence-electron chi connectivity index (χ3n) is 6.77. The summed E-state index contributed by atoms with van der Waals surface area (Å²) in [4.78, 5) is 25.2. The van der Waals surface area contributed by atoms with Gasteiger partial charge in [0.2, 0.25) is 0 Å². The van der Waals surface area contributed by atoms with Gasteiger partial charge in [0.1, 0.15) is 11.5 Å². The number of methoxy groups -OCH3 is 4. The molecule has 0 N–H and O–H groups in total. The van der Waals surface area contributed by atoms with Crippen molar-refractivity contribution in [3.63, 3.8) is 0 Å². The quantitative estimate of drug-likeness (QED) is 0.0741. The SMILES string of the molecule is COc1ccc(/C=C/C(=O)c2ccc(OCCCOc3ccc(C(=O)/C=C/c4ccc(OC)c(OC)c4)cc3)cc2)cc1OC. The van der Waals surface area contributed by atoms with Crippen LogP contribution in [0.15, 0.2) is 97.1 Å². The Morgan fingerprint density at radius 3 is 1.24 bits per heavy atom. The maximum absolute atomic E-state index is 12.6. The topological polar surface area (TPSA) is 89.5 Å². The largest absolute Gasteiger partial charge is 0.493 e. The minimum absolute atomic E-state index is 0.119. The van der Waals surface area contributed by atoms with Crippen molar-refractivity contribution in [3.05, 3.63) is 119 Å². The molecule has 45 heavy (non-hydrogen) atoms. The van der Waals surface area contributed by atoms with Crippen LogP contribution in [-0.4, -0.2) is 53.2 Å². The second-order valence-electron chi connectivity index (χ2n) is 9.72. The Hall–Kier alpha value is -5.50. The Kier molecular flexibility index (Phi) is 11.8. The lowest BCUT2D eigenvalue weighted by Crippen LogP contribution is -2.05. The van der Waals surface area contributed by atoms with Crippen molar-refractivity contribution in [2.45, 2.75) is 6.42 Å². The number of rotatable bonds is 16. The van der Waals surface area contributed by atoms with E-state index in [1.807, 2.05) is 24.3 Å². The summed E-state index contributed by atoms with van der Waals surface area (Å²) < 4.78 is 32.7. The fraction of sp³-hybridized carbons (Fsp3) is 0.189. The lowest BCUT2D eigenvalue weighted by Gasteiger charge is -2.09. The molecule has 8 heteroatoms. The zero-order valence-electron chi connectivity index (χ0n) is 25.8. The van der Waals surface area contributed by atoms with Crippen molar-refractivity contribution in [1.82, 2.24) is 0 Å². The molecular weight excluding hydrogens is 572 g/mol. The van der Waals surface area contributed by atoms with Gasteiger partial charge < -0.3 is 28.4 Å². The predicted molar refractivity (Wildman–Crippen MR) is 174 cm³/mol. The molecule has 0 saturated heterocycles. The lowest BCUT2D eigenvalue weighted by atomic mass is 10.1. The highest BCUT2D eigenvalue weighted by Crippen LogP contribution is 2.29. The molecule has 0 unspecified atom stereocenters. The van der Waals surface area contributed by atoms with Crippen LogP contribution in [0.4, 0.5) is 0 Å². The van der Waals surface area contributed by atoms with Gasteiger partial charge in [0.05, 0.1) is 41.7 Å². The first-order valence-corrected chi connectivity index (χ1v) is 14.3. The highest BCUT2D eigenvalue weighted by Gasteiger charge is 2.07. The molecule has 0 aliphatic heterocycles. The Bertz CT molecular complexity index is 1510. The summed E-state index contributed by atoms with van der Waals surface area (Å²) in [6.45, 7) is 0.897. The van der Waals surface area contributed by atoms with Crippen LogP contribution in [0.3, 0.4) is 0 Å². The number of ketones is 2. The molecule has 8 nitrogen and oxygen atoms in total. The van der Waals surface area contributed by atoms with Gasteiger partial charge in [0.25, 0.3) is 0 Å². The monoisotopic (exact) mass is 608 g/mol. The van der Waals surface area contributed by atoms with Crippen LogP contribution in [0.25, 0.3) is 12.2 Å². The smallest absolute Gasteiger partial charge is 0.185 e. The molecule has 0 aliphatic rings. The van der Waals surface area contributed by atoms with Crippen molar-refractivity contribution in [3.8, 4) is 34.5 Å². The molecule has 0 heterocycles. The van der Waals surface area contributed by atoms with Crippen molar-refractivity contribution in [2.24, 2.45) is 0 Å². The third kappa shape index (κ3) is 9.24. The van der Waals surface area contributed by atoms with Crippen LogP contribution in [0.1, 0.15) is 38.3 Å². The van der Waals surface area contributed by atoms with Crippen LogP contribution < -0.4 is 28.4 Å². The van der Waals surface area contributed by atoms with Crippen molar-refractivity contribution in [1.29, 1.82) is 0 Å². The molecule has 4 rings (SSSR count). The number of carbonyl (C=O) groups is 2. The fourth-order valence-corrected chi connectivity index (χ4v) is 4.32. The average molecular weight is 609 g/mol. The van der Waals surface area contributed by atoms with Crippen molar-refractivity contribution >= 4 is 23.7 Å². The summed E-state index contributed by atoms with van der Waals surface area (Å²) in [5.41, 5.74) is 2.76. The zero-order valence-corrected chi connectivity index (χ0v) is 25.8. The van der Waals surface area contributed by atoms with Gasteiger partial charge in [-0.1, -0.05) is 24.3 Å². The van der Waals surface area contributed by atoms with Gasteiger partial charge in [-0.15, -0.1) is 0 Å². The highest BCUT2D eigenvalue weighted by molar-refractivity contribution is 6.07. The molecule has 0 bridgehead atoms. The van der Waals surface area contributed by atoms with Crippen LogP contribution >= 0.6 is 0 Å². The summed E-state index contributed by atoms with van der Waals surface area (Å²) in [5.74, 6) is 3.55. The van der Waals surface area contributed by atoms with Crippen LogP contribution in [0, 0.1) is 0 Å². The van der Waals surface area contributed by atoms with Gasteiger partial charge in [0.15, 0.2) is 34.6 Å². The molecule has 0 aliphatic carbocycles. The van der Waals surface area contributed by atoms with E-state index in [9.17, 15) is 9.59 Å². The Morgan fingerprint density at radius 2 is 0.889 bits per heavy atom. The van der Waals surface area contributed by atoms with E-state index in [1.54, 1.807) is 101 Å². The first-order valence-electron chi connectivity index (χ1n) is 14.3. The Labute approximate surface area is 263 Å². The average Bonchev–Trinajstić information content (AvgIpc) is 3.09. The summed E-state index contributed by atoms with van der Waals surface area (Å²) in [7, 11) is 6.29. The molecular formula is C37H36O8. The number of carbonyl (C=O) groups excluding carboxylic acids is 2. The Morgan fingerprint density at radius 1 is 0.511 bits per heavy atom. The second kappa shape index (κ2) is 16.4. The van der Waals surface area contributed by atoms with E-state index >= 15 is 0 Å². The minimum atomic E-state index is -0.119. The molecule has 0 atom stereocenters. The molecule has 0 spiro atoms. The molecule has 0 amide bonds.